The molecular formula is C9H8F3N3S2. The third kappa shape index (κ3) is 3.40. The maximum absolute atomic E-state index is 12.2. The van der Waals surface area contributed by atoms with E-state index in [1.807, 2.05) is 16.8 Å². The number of halogens is 3. The van der Waals surface area contributed by atoms with Crippen LogP contribution in [0.3, 0.4) is 0 Å². The van der Waals surface area contributed by atoms with Gasteiger partial charge in [-0.25, -0.2) is 0 Å². The zero-order chi connectivity index (χ0) is 12.3. The number of nitrogens with zero attached hydrogens (tertiary/aromatic N) is 2. The van der Waals surface area contributed by atoms with Crippen LogP contribution >= 0.6 is 22.7 Å². The minimum absolute atomic E-state index is 0.201. The van der Waals surface area contributed by atoms with Gasteiger partial charge in [-0.1, -0.05) is 11.3 Å². The van der Waals surface area contributed by atoms with Crippen molar-refractivity contribution in [3.63, 3.8) is 0 Å². The molecule has 0 spiro atoms. The molecule has 0 fully saturated rings. The van der Waals surface area contributed by atoms with Crippen LogP contribution in [0.2, 0.25) is 0 Å². The molecule has 2 aromatic rings. The summed E-state index contributed by atoms with van der Waals surface area (Å²) in [6.07, 6.45) is -3.66. The van der Waals surface area contributed by atoms with E-state index in [1.165, 1.54) is 0 Å². The van der Waals surface area contributed by atoms with E-state index in [0.29, 0.717) is 17.9 Å². The lowest BCUT2D eigenvalue weighted by molar-refractivity contribution is -0.138. The van der Waals surface area contributed by atoms with Gasteiger partial charge in [0.2, 0.25) is 10.1 Å². The van der Waals surface area contributed by atoms with Crippen LogP contribution in [0.4, 0.5) is 18.3 Å². The average molecular weight is 279 g/mol. The van der Waals surface area contributed by atoms with Crippen LogP contribution in [-0.2, 0) is 12.6 Å². The number of aromatic nitrogens is 2. The van der Waals surface area contributed by atoms with Crippen LogP contribution in [0.15, 0.2) is 16.8 Å². The molecule has 1 N–H and O–H groups in total. The standard InChI is InChI=1S/C9H8F3N3S2/c10-9(11,12)7-14-15-8(17-7)13-3-1-6-2-4-16-5-6/h2,4-5H,1,3H2,(H,13,15). The second-order valence-corrected chi connectivity index (χ2v) is 4.98. The fraction of sp³-hybridized carbons (Fsp3) is 0.333. The highest BCUT2D eigenvalue weighted by Gasteiger charge is 2.35. The number of rotatable bonds is 4. The van der Waals surface area contributed by atoms with Crippen molar-refractivity contribution in [3.05, 3.63) is 27.4 Å². The first-order valence-corrected chi connectivity index (χ1v) is 6.47. The molecule has 0 bridgehead atoms. The van der Waals surface area contributed by atoms with Crippen LogP contribution in [0, 0.1) is 0 Å². The summed E-state index contributed by atoms with van der Waals surface area (Å²) in [7, 11) is 0. The van der Waals surface area contributed by atoms with Gasteiger partial charge in [-0.2, -0.15) is 24.5 Å². The Balaban J connectivity index is 1.85. The quantitative estimate of drug-likeness (QED) is 0.933. The van der Waals surface area contributed by atoms with Crippen molar-refractivity contribution in [1.82, 2.24) is 10.2 Å². The van der Waals surface area contributed by atoms with Gasteiger partial charge in [0.05, 0.1) is 0 Å². The van der Waals surface area contributed by atoms with Crippen molar-refractivity contribution < 1.29 is 13.2 Å². The average Bonchev–Trinajstić information content (AvgIpc) is 2.86. The Morgan fingerprint density at radius 2 is 2.12 bits per heavy atom. The Kier molecular flexibility index (Phi) is 3.63. The fourth-order valence-electron chi connectivity index (χ4n) is 1.16. The molecule has 17 heavy (non-hydrogen) atoms. The van der Waals surface area contributed by atoms with E-state index >= 15 is 0 Å². The van der Waals surface area contributed by atoms with Crippen molar-refractivity contribution in [2.24, 2.45) is 0 Å². The molecular weight excluding hydrogens is 271 g/mol. The molecule has 0 aliphatic rings. The van der Waals surface area contributed by atoms with E-state index in [9.17, 15) is 13.2 Å². The number of anilines is 1. The van der Waals surface area contributed by atoms with E-state index < -0.39 is 11.2 Å². The Morgan fingerprint density at radius 3 is 2.71 bits per heavy atom. The molecule has 92 valence electrons. The molecule has 3 nitrogen and oxygen atoms in total. The largest absolute Gasteiger partial charge is 0.445 e. The summed E-state index contributed by atoms with van der Waals surface area (Å²) in [6.45, 7) is 0.545. The molecule has 0 aliphatic carbocycles. The summed E-state index contributed by atoms with van der Waals surface area (Å²) >= 11 is 2.11. The second-order valence-electron chi connectivity index (χ2n) is 3.22. The Morgan fingerprint density at radius 1 is 1.29 bits per heavy atom. The third-order valence-electron chi connectivity index (χ3n) is 1.94. The molecule has 0 unspecified atom stereocenters. The fourth-order valence-corrected chi connectivity index (χ4v) is 2.50. The van der Waals surface area contributed by atoms with Crippen LogP contribution in [0.1, 0.15) is 10.6 Å². The van der Waals surface area contributed by atoms with Gasteiger partial charge in [0.1, 0.15) is 0 Å². The van der Waals surface area contributed by atoms with Gasteiger partial charge < -0.3 is 5.32 Å². The highest BCUT2D eigenvalue weighted by atomic mass is 32.1. The molecule has 0 aromatic carbocycles. The Labute approximate surface area is 103 Å². The molecule has 2 heterocycles. The summed E-state index contributed by atoms with van der Waals surface area (Å²) in [6, 6.07) is 1.98. The highest BCUT2D eigenvalue weighted by molar-refractivity contribution is 7.15. The van der Waals surface area contributed by atoms with Crippen molar-refractivity contribution in [2.75, 3.05) is 11.9 Å². The molecule has 2 rings (SSSR count). The molecule has 0 radical (unpaired) electrons. The lowest BCUT2D eigenvalue weighted by Gasteiger charge is -2.00. The van der Waals surface area contributed by atoms with E-state index in [1.54, 1.807) is 11.3 Å². The second kappa shape index (κ2) is 5.01. The monoisotopic (exact) mass is 279 g/mol. The number of hydrogen-bond acceptors (Lipinski definition) is 5. The van der Waals surface area contributed by atoms with Crippen LogP contribution in [-0.4, -0.2) is 16.7 Å². The normalized spacial score (nSPS) is 11.7. The van der Waals surface area contributed by atoms with E-state index in [4.69, 9.17) is 0 Å². The number of alkyl halides is 3. The van der Waals surface area contributed by atoms with Gasteiger partial charge in [-0.15, -0.1) is 10.2 Å². The van der Waals surface area contributed by atoms with Gasteiger partial charge in [0.15, 0.2) is 0 Å². The smallest absolute Gasteiger partial charge is 0.360 e. The molecule has 0 atom stereocenters. The first kappa shape index (κ1) is 12.3. The van der Waals surface area contributed by atoms with Crippen LogP contribution in [0.5, 0.6) is 0 Å². The number of thiophene rings is 1. The number of hydrogen-bond donors (Lipinski definition) is 1. The zero-order valence-electron chi connectivity index (χ0n) is 8.49. The van der Waals surface area contributed by atoms with Gasteiger partial charge in [-0.3, -0.25) is 0 Å². The molecule has 0 amide bonds. The lowest BCUT2D eigenvalue weighted by Crippen LogP contribution is -2.03. The van der Waals surface area contributed by atoms with Crippen molar-refractivity contribution in [1.29, 1.82) is 0 Å². The summed E-state index contributed by atoms with van der Waals surface area (Å²) in [5.74, 6) is 0. The molecule has 0 saturated carbocycles. The van der Waals surface area contributed by atoms with Gasteiger partial charge in [0, 0.05) is 6.54 Å². The summed E-state index contributed by atoms with van der Waals surface area (Å²) in [5.41, 5.74) is 1.16. The summed E-state index contributed by atoms with van der Waals surface area (Å²) in [4.78, 5) is 0. The van der Waals surface area contributed by atoms with Gasteiger partial charge in [0.25, 0.3) is 0 Å². The van der Waals surface area contributed by atoms with Crippen LogP contribution < -0.4 is 5.32 Å². The third-order valence-corrected chi connectivity index (χ3v) is 3.60. The zero-order valence-corrected chi connectivity index (χ0v) is 10.1. The predicted octanol–water partition coefficient (Wildman–Crippen LogP) is 3.27. The van der Waals surface area contributed by atoms with E-state index in [2.05, 4.69) is 15.5 Å². The van der Waals surface area contributed by atoms with E-state index in [0.717, 1.165) is 12.0 Å². The van der Waals surface area contributed by atoms with Crippen molar-refractivity contribution in [3.8, 4) is 0 Å². The Hall–Kier alpha value is -1.15. The Bertz CT molecular complexity index is 464. The van der Waals surface area contributed by atoms with Crippen molar-refractivity contribution in [2.45, 2.75) is 12.6 Å². The highest BCUT2D eigenvalue weighted by Crippen LogP contribution is 2.32. The van der Waals surface area contributed by atoms with E-state index in [-0.39, 0.29) is 5.13 Å². The molecule has 0 aliphatic heterocycles. The maximum atomic E-state index is 12.2. The minimum atomic E-state index is -4.41. The number of nitrogens with one attached hydrogen (secondary N) is 1. The molecule has 2 aromatic heterocycles. The van der Waals surface area contributed by atoms with Crippen molar-refractivity contribution >= 4 is 27.8 Å². The topological polar surface area (TPSA) is 37.8 Å². The molecule has 8 heteroatoms. The molecule has 0 saturated heterocycles. The SMILES string of the molecule is FC(F)(F)c1nnc(NCCc2ccsc2)s1. The predicted molar refractivity (Wildman–Crippen MR) is 61.4 cm³/mol. The van der Waals surface area contributed by atoms with Gasteiger partial charge in [-0.05, 0) is 28.8 Å². The maximum Gasteiger partial charge on any atom is 0.445 e. The minimum Gasteiger partial charge on any atom is -0.360 e. The summed E-state index contributed by atoms with van der Waals surface area (Å²) < 4.78 is 36.7. The lowest BCUT2D eigenvalue weighted by atomic mass is 10.2. The van der Waals surface area contributed by atoms with Gasteiger partial charge >= 0.3 is 6.18 Å². The first-order valence-electron chi connectivity index (χ1n) is 4.71. The first-order chi connectivity index (χ1) is 8.05. The summed E-state index contributed by atoms with van der Waals surface area (Å²) in [5, 5.41) is 12.6. The van der Waals surface area contributed by atoms with Crippen LogP contribution in [0.25, 0.3) is 0 Å².